The van der Waals surface area contributed by atoms with Crippen LogP contribution in [0.25, 0.3) is 0 Å². The second-order valence-corrected chi connectivity index (χ2v) is 17.7. The summed E-state index contributed by atoms with van der Waals surface area (Å²) < 4.78 is 35.9. The van der Waals surface area contributed by atoms with Crippen molar-refractivity contribution >= 4 is 17.9 Å². The van der Waals surface area contributed by atoms with Gasteiger partial charge in [0.15, 0.2) is 18.5 Å². The summed E-state index contributed by atoms with van der Waals surface area (Å²) in [6.45, 7) is 4.37. The van der Waals surface area contributed by atoms with E-state index in [1.165, 1.54) is 77.0 Å². The quantitative estimate of drug-likeness (QED) is 0.0226. The Morgan fingerprint density at radius 3 is 1.29 bits per heavy atom. The van der Waals surface area contributed by atoms with Crippen LogP contribution in [0.1, 0.15) is 213 Å². The first-order valence-corrected chi connectivity index (χ1v) is 24.9. The lowest BCUT2D eigenvalue weighted by atomic mass is 9.98. The predicted molar refractivity (Wildman–Crippen MR) is 236 cm³/mol. The van der Waals surface area contributed by atoms with Crippen LogP contribution >= 0.6 is 0 Å². The zero-order valence-corrected chi connectivity index (χ0v) is 38.9. The molecule has 5 N–H and O–H groups in total. The molecule has 9 atom stereocenters. The number of ether oxygens (including phenoxy) is 6. The third-order valence-electron chi connectivity index (χ3n) is 12.2. The number of esters is 3. The van der Waals surface area contributed by atoms with Crippen LogP contribution in [-0.4, -0.2) is 118 Å². The first kappa shape index (κ1) is 56.2. The smallest absolute Gasteiger partial charge is 0.306 e. The van der Waals surface area contributed by atoms with Gasteiger partial charge in [-0.3, -0.25) is 14.4 Å². The van der Waals surface area contributed by atoms with E-state index in [0.29, 0.717) is 19.3 Å². The summed E-state index contributed by atoms with van der Waals surface area (Å²) in [4.78, 5) is 40.3. The molecule has 0 aromatic rings. The van der Waals surface area contributed by atoms with Crippen LogP contribution in [0.2, 0.25) is 0 Å². The number of carbonyl (C=O) groups excluding carboxylic acids is 3. The van der Waals surface area contributed by atoms with E-state index >= 15 is 0 Å². The van der Waals surface area contributed by atoms with Gasteiger partial charge in [-0.15, -0.1) is 0 Å². The van der Waals surface area contributed by atoms with Gasteiger partial charge < -0.3 is 54.0 Å². The molecular formula is C48H88O14. The molecule has 0 aromatic carbocycles. The molecular weight excluding hydrogens is 801 g/mol. The molecule has 14 nitrogen and oxygen atoms in total. The summed E-state index contributed by atoms with van der Waals surface area (Å²) in [6.07, 6.45) is 15.4. The van der Waals surface area contributed by atoms with E-state index in [-0.39, 0.29) is 19.3 Å². The number of hydrogen-bond donors (Lipinski definition) is 5. The Bertz CT molecular complexity index is 1150. The van der Waals surface area contributed by atoms with Crippen molar-refractivity contribution < 1.29 is 68.3 Å². The molecule has 0 aromatic heterocycles. The van der Waals surface area contributed by atoms with Crippen molar-refractivity contribution in [2.45, 2.75) is 268 Å². The number of unbranched alkanes of at least 4 members (excludes halogenated alkanes) is 24. The molecule has 2 aliphatic heterocycles. The number of carbonyl (C=O) groups is 3. The molecule has 62 heavy (non-hydrogen) atoms. The van der Waals surface area contributed by atoms with Gasteiger partial charge in [-0.1, -0.05) is 175 Å². The predicted octanol–water partition coefficient (Wildman–Crippen LogP) is 8.02. The number of hydrogen-bond acceptors (Lipinski definition) is 14. The van der Waals surface area contributed by atoms with Gasteiger partial charge >= 0.3 is 17.9 Å². The highest BCUT2D eigenvalue weighted by molar-refractivity contribution is 5.71. The maximum absolute atomic E-state index is 13.6. The lowest BCUT2D eigenvalue weighted by Crippen LogP contribution is -2.63. The highest BCUT2D eigenvalue weighted by Gasteiger charge is 2.63. The minimum absolute atomic E-state index is 0.0176. The van der Waals surface area contributed by atoms with Crippen LogP contribution in [0.4, 0.5) is 0 Å². The van der Waals surface area contributed by atoms with Crippen molar-refractivity contribution in [3.63, 3.8) is 0 Å². The lowest BCUT2D eigenvalue weighted by Gasteiger charge is -2.43. The summed E-state index contributed by atoms with van der Waals surface area (Å²) in [7, 11) is 0. The molecule has 0 aliphatic carbocycles. The fraction of sp³-hybridized carbons (Fsp3) is 0.938. The molecule has 364 valence electrons. The first-order valence-electron chi connectivity index (χ1n) is 24.9. The summed E-state index contributed by atoms with van der Waals surface area (Å²) in [5.74, 6) is -4.18. The van der Waals surface area contributed by atoms with Crippen LogP contribution in [0, 0.1) is 0 Å². The summed E-state index contributed by atoms with van der Waals surface area (Å²) in [6, 6.07) is 0. The number of rotatable bonds is 38. The number of aliphatic hydroxyl groups is 5. The Balaban J connectivity index is 2.27. The van der Waals surface area contributed by atoms with Gasteiger partial charge in [0.1, 0.15) is 37.1 Å². The van der Waals surface area contributed by atoms with Crippen molar-refractivity contribution in [3.8, 4) is 0 Å². The zero-order chi connectivity index (χ0) is 45.4. The van der Waals surface area contributed by atoms with E-state index in [9.17, 15) is 39.9 Å². The Labute approximate surface area is 373 Å². The zero-order valence-electron chi connectivity index (χ0n) is 38.9. The van der Waals surface area contributed by atoms with Gasteiger partial charge in [0.05, 0.1) is 13.2 Å². The van der Waals surface area contributed by atoms with Crippen molar-refractivity contribution in [1.82, 2.24) is 0 Å². The Morgan fingerprint density at radius 1 is 0.484 bits per heavy atom. The molecule has 0 unspecified atom stereocenters. The Morgan fingerprint density at radius 2 is 0.871 bits per heavy atom. The maximum Gasteiger partial charge on any atom is 0.306 e. The topological polar surface area (TPSA) is 208 Å². The van der Waals surface area contributed by atoms with Gasteiger partial charge in [0, 0.05) is 19.3 Å². The second-order valence-electron chi connectivity index (χ2n) is 17.7. The van der Waals surface area contributed by atoms with E-state index in [1.807, 2.05) is 0 Å². The van der Waals surface area contributed by atoms with Gasteiger partial charge in [-0.05, 0) is 19.3 Å². The molecule has 0 radical (unpaired) electrons. The number of aliphatic hydroxyl groups excluding tert-OH is 5. The average molecular weight is 889 g/mol. The normalized spacial score (nSPS) is 26.1. The first-order chi connectivity index (χ1) is 30.1. The second kappa shape index (κ2) is 34.4. The third kappa shape index (κ3) is 21.8. The van der Waals surface area contributed by atoms with E-state index in [2.05, 4.69) is 20.8 Å². The van der Waals surface area contributed by atoms with E-state index in [1.54, 1.807) is 0 Å². The largest absolute Gasteiger partial charge is 0.460 e. The molecule has 14 heteroatoms. The maximum atomic E-state index is 13.6. The van der Waals surface area contributed by atoms with Crippen LogP contribution < -0.4 is 0 Å². The fourth-order valence-electron chi connectivity index (χ4n) is 8.28. The van der Waals surface area contributed by atoms with E-state index in [0.717, 1.165) is 77.0 Å². The van der Waals surface area contributed by atoms with E-state index < -0.39 is 92.5 Å². The molecule has 0 amide bonds. The Kier molecular flexibility index (Phi) is 31.2. The summed E-state index contributed by atoms with van der Waals surface area (Å²) >= 11 is 0. The standard InChI is InChI=1S/C48H88O14/c1-4-7-10-13-16-19-22-25-28-31-39(51)57-36-48(62-47-44(56)43(55)42(54)37(34-49)58-47)46(60-41(53)33-30-27-24-21-18-15-12-9-6-3)45(38(35-50)61-48)59-40(52)32-29-26-23-20-17-14-11-8-5-2/h37-38,42-47,49-50,54-56H,4-36H2,1-3H3/t37-,38-,42-,43+,44-,45-,46+,47-,48+/m1/s1. The average Bonchev–Trinajstić information content (AvgIpc) is 3.54. The highest BCUT2D eigenvalue weighted by Crippen LogP contribution is 2.40. The molecule has 2 rings (SSSR count). The van der Waals surface area contributed by atoms with Crippen molar-refractivity contribution in [2.24, 2.45) is 0 Å². The van der Waals surface area contributed by atoms with Crippen LogP contribution in [0.15, 0.2) is 0 Å². The van der Waals surface area contributed by atoms with Crippen LogP contribution in [0.5, 0.6) is 0 Å². The van der Waals surface area contributed by atoms with Crippen molar-refractivity contribution in [1.29, 1.82) is 0 Å². The SMILES string of the molecule is CCCCCCCCCCCC(=O)OC[C@@]1(O[C@H]2O[C@H](CO)[C@@H](O)[C@H](O)[C@H]2O)O[C@H](CO)[C@@H](OC(=O)CCCCCCCCCCC)[C@@H]1OC(=O)CCCCCCCCCCC. The van der Waals surface area contributed by atoms with Crippen molar-refractivity contribution in [2.75, 3.05) is 19.8 Å². The van der Waals surface area contributed by atoms with Gasteiger partial charge in [0.25, 0.3) is 0 Å². The highest BCUT2D eigenvalue weighted by atomic mass is 16.8. The minimum atomic E-state index is -2.31. The van der Waals surface area contributed by atoms with Crippen LogP contribution in [0.3, 0.4) is 0 Å². The summed E-state index contributed by atoms with van der Waals surface area (Å²) in [5, 5.41) is 52.7. The molecule has 0 saturated carbocycles. The lowest BCUT2D eigenvalue weighted by molar-refractivity contribution is -0.384. The third-order valence-corrected chi connectivity index (χ3v) is 12.2. The van der Waals surface area contributed by atoms with Crippen molar-refractivity contribution in [3.05, 3.63) is 0 Å². The molecule has 2 saturated heterocycles. The minimum Gasteiger partial charge on any atom is -0.460 e. The van der Waals surface area contributed by atoms with Gasteiger partial charge in [-0.2, -0.15) is 0 Å². The monoisotopic (exact) mass is 889 g/mol. The molecule has 2 fully saturated rings. The molecule has 2 heterocycles. The summed E-state index contributed by atoms with van der Waals surface area (Å²) in [5.41, 5.74) is 0. The van der Waals surface area contributed by atoms with E-state index in [4.69, 9.17) is 28.4 Å². The molecule has 0 bridgehead atoms. The van der Waals surface area contributed by atoms with Gasteiger partial charge in [0.2, 0.25) is 5.79 Å². The molecule has 0 spiro atoms. The van der Waals surface area contributed by atoms with Crippen LogP contribution in [-0.2, 0) is 42.8 Å². The molecule has 2 aliphatic rings. The Hall–Kier alpha value is -1.91. The fourth-order valence-corrected chi connectivity index (χ4v) is 8.28. The van der Waals surface area contributed by atoms with Gasteiger partial charge in [-0.25, -0.2) is 0 Å².